The number of hydrogen-bond donors (Lipinski definition) is 3. The van der Waals surface area contributed by atoms with Gasteiger partial charge < -0.3 is 9.84 Å². The van der Waals surface area contributed by atoms with E-state index >= 15 is 0 Å². The molecule has 1 fully saturated rings. The van der Waals surface area contributed by atoms with Gasteiger partial charge in [0.05, 0.1) is 13.2 Å². The first kappa shape index (κ1) is 15.8. The number of hydrogen-bond acceptors (Lipinski definition) is 4. The Morgan fingerprint density at radius 3 is 2.70 bits per heavy atom. The van der Waals surface area contributed by atoms with E-state index < -0.39 is 0 Å². The molecule has 0 saturated carbocycles. The molecule has 1 aliphatic rings. The van der Waals surface area contributed by atoms with Gasteiger partial charge in [0.1, 0.15) is 11.5 Å². The lowest BCUT2D eigenvalue weighted by Crippen LogP contribution is -2.25. The maximum atomic E-state index is 10.5. The number of phenolic OH excluding ortho intramolecular Hbond substituents is 1. The fraction of sp³-hybridized carbons (Fsp3) is 0.368. The smallest absolute Gasteiger partial charge is 0.125 e. The van der Waals surface area contributed by atoms with Crippen molar-refractivity contribution in [2.75, 3.05) is 13.7 Å². The lowest BCUT2D eigenvalue weighted by atomic mass is 9.87. The van der Waals surface area contributed by atoms with E-state index in [0.29, 0.717) is 0 Å². The van der Waals surface area contributed by atoms with Crippen molar-refractivity contribution in [3.8, 4) is 11.5 Å². The van der Waals surface area contributed by atoms with Crippen LogP contribution in [-0.2, 0) is 6.42 Å². The summed E-state index contributed by atoms with van der Waals surface area (Å²) in [5.74, 6) is 1.32. The van der Waals surface area contributed by atoms with Gasteiger partial charge in [0, 0.05) is 24.1 Å². The zero-order chi connectivity index (χ0) is 16.2. The number of methoxy groups -OCH3 is 1. The highest BCUT2D eigenvalue weighted by atomic mass is 16.5. The third kappa shape index (κ3) is 3.19. The molecular weight excluding hydrogens is 288 g/mol. The van der Waals surface area contributed by atoms with Gasteiger partial charge in [-0.25, -0.2) is 5.43 Å². The van der Waals surface area contributed by atoms with Gasteiger partial charge in [-0.2, -0.15) is 0 Å². The van der Waals surface area contributed by atoms with E-state index in [-0.39, 0.29) is 17.7 Å². The summed E-state index contributed by atoms with van der Waals surface area (Å²) in [5.41, 5.74) is 9.88. The standard InChI is InChI=1S/C19H24N2O2/c1-3-7-14-10-15(17(22)11-18(14)23-2)19-16(12-20-21-19)13-8-5-4-6-9-13/h4-6,8-11,16,19-22H,3,7,12H2,1-2H3. The van der Waals surface area contributed by atoms with Crippen LogP contribution in [0.2, 0.25) is 0 Å². The van der Waals surface area contributed by atoms with Crippen LogP contribution in [0.1, 0.15) is 42.0 Å². The molecule has 1 heterocycles. The van der Waals surface area contributed by atoms with Crippen molar-refractivity contribution in [3.63, 3.8) is 0 Å². The lowest BCUT2D eigenvalue weighted by Gasteiger charge is -2.22. The predicted octanol–water partition coefficient (Wildman–Crippen LogP) is 3.29. The molecule has 2 aromatic rings. The number of phenols is 1. The van der Waals surface area contributed by atoms with Crippen LogP contribution in [0, 0.1) is 0 Å². The van der Waals surface area contributed by atoms with E-state index in [4.69, 9.17) is 4.74 Å². The highest BCUT2D eigenvalue weighted by molar-refractivity contribution is 5.48. The minimum absolute atomic E-state index is 0.0407. The summed E-state index contributed by atoms with van der Waals surface area (Å²) in [6.45, 7) is 2.98. The van der Waals surface area contributed by atoms with E-state index in [9.17, 15) is 5.11 Å². The molecular formula is C19H24N2O2. The predicted molar refractivity (Wildman–Crippen MR) is 91.7 cm³/mol. The SMILES string of the molecule is CCCc1cc(C2NNCC2c2ccccc2)c(O)cc1OC. The second-order valence-corrected chi connectivity index (χ2v) is 5.99. The molecule has 0 bridgehead atoms. The maximum absolute atomic E-state index is 10.5. The van der Waals surface area contributed by atoms with Gasteiger partial charge in [-0.05, 0) is 23.6 Å². The molecule has 0 aromatic heterocycles. The van der Waals surface area contributed by atoms with Crippen molar-refractivity contribution < 1.29 is 9.84 Å². The van der Waals surface area contributed by atoms with Crippen molar-refractivity contribution in [2.45, 2.75) is 31.7 Å². The molecule has 0 amide bonds. The van der Waals surface area contributed by atoms with E-state index in [1.165, 1.54) is 5.56 Å². The first-order valence-electron chi connectivity index (χ1n) is 8.17. The largest absolute Gasteiger partial charge is 0.507 e. The molecule has 0 aliphatic carbocycles. The Labute approximate surface area is 137 Å². The van der Waals surface area contributed by atoms with Gasteiger partial charge in [0.2, 0.25) is 0 Å². The zero-order valence-electron chi connectivity index (χ0n) is 13.7. The second kappa shape index (κ2) is 7.02. The summed E-state index contributed by atoms with van der Waals surface area (Å²) in [7, 11) is 1.65. The maximum Gasteiger partial charge on any atom is 0.125 e. The minimum atomic E-state index is 0.0407. The van der Waals surface area contributed by atoms with Crippen molar-refractivity contribution in [1.29, 1.82) is 0 Å². The Hall–Kier alpha value is -2.04. The Morgan fingerprint density at radius 1 is 1.22 bits per heavy atom. The highest BCUT2D eigenvalue weighted by Crippen LogP contribution is 2.40. The topological polar surface area (TPSA) is 53.5 Å². The van der Waals surface area contributed by atoms with Crippen molar-refractivity contribution in [2.24, 2.45) is 0 Å². The van der Waals surface area contributed by atoms with Gasteiger partial charge in [0.25, 0.3) is 0 Å². The normalized spacial score (nSPS) is 20.6. The summed E-state index contributed by atoms with van der Waals surface area (Å²) < 4.78 is 5.41. The molecule has 1 saturated heterocycles. The monoisotopic (exact) mass is 312 g/mol. The first-order valence-corrected chi connectivity index (χ1v) is 8.17. The van der Waals surface area contributed by atoms with Gasteiger partial charge in [-0.1, -0.05) is 43.7 Å². The van der Waals surface area contributed by atoms with Crippen LogP contribution in [0.5, 0.6) is 11.5 Å². The van der Waals surface area contributed by atoms with Crippen LogP contribution in [0.15, 0.2) is 42.5 Å². The molecule has 2 unspecified atom stereocenters. The van der Waals surface area contributed by atoms with E-state index in [1.54, 1.807) is 13.2 Å². The minimum Gasteiger partial charge on any atom is -0.507 e. The third-order valence-corrected chi connectivity index (χ3v) is 4.49. The van der Waals surface area contributed by atoms with Crippen LogP contribution < -0.4 is 15.6 Å². The molecule has 0 radical (unpaired) electrons. The summed E-state index contributed by atoms with van der Waals surface area (Å²) >= 11 is 0. The van der Waals surface area contributed by atoms with Crippen LogP contribution in [0.4, 0.5) is 0 Å². The van der Waals surface area contributed by atoms with Crippen LogP contribution in [-0.4, -0.2) is 18.8 Å². The Morgan fingerprint density at radius 2 is 2.00 bits per heavy atom. The molecule has 23 heavy (non-hydrogen) atoms. The molecule has 2 atom stereocenters. The van der Waals surface area contributed by atoms with Crippen LogP contribution in [0.25, 0.3) is 0 Å². The number of hydrazine groups is 1. The average Bonchev–Trinajstić information content (AvgIpc) is 3.06. The number of ether oxygens (including phenoxy) is 1. The quantitative estimate of drug-likeness (QED) is 0.793. The summed E-state index contributed by atoms with van der Waals surface area (Å²) in [5, 5.41) is 10.5. The van der Waals surface area contributed by atoms with E-state index in [0.717, 1.165) is 36.3 Å². The Kier molecular flexibility index (Phi) is 4.84. The van der Waals surface area contributed by atoms with Gasteiger partial charge in [-0.3, -0.25) is 5.43 Å². The van der Waals surface area contributed by atoms with Crippen molar-refractivity contribution >= 4 is 0 Å². The van der Waals surface area contributed by atoms with Crippen molar-refractivity contribution in [1.82, 2.24) is 10.9 Å². The molecule has 4 nitrogen and oxygen atoms in total. The Bertz CT molecular complexity index is 658. The zero-order valence-corrected chi connectivity index (χ0v) is 13.7. The number of nitrogens with one attached hydrogen (secondary N) is 2. The fourth-order valence-corrected chi connectivity index (χ4v) is 3.34. The number of benzene rings is 2. The number of aromatic hydroxyl groups is 1. The Balaban J connectivity index is 1.98. The lowest BCUT2D eigenvalue weighted by molar-refractivity contribution is 0.398. The van der Waals surface area contributed by atoms with E-state index in [1.807, 2.05) is 6.07 Å². The molecule has 2 aromatic carbocycles. The molecule has 0 spiro atoms. The van der Waals surface area contributed by atoms with Crippen LogP contribution >= 0.6 is 0 Å². The molecule has 122 valence electrons. The summed E-state index contributed by atoms with van der Waals surface area (Å²) in [4.78, 5) is 0. The molecule has 4 heteroatoms. The first-order chi connectivity index (χ1) is 11.2. The number of aryl methyl sites for hydroxylation is 1. The molecule has 3 N–H and O–H groups in total. The van der Waals surface area contributed by atoms with Gasteiger partial charge >= 0.3 is 0 Å². The average molecular weight is 312 g/mol. The summed E-state index contributed by atoms with van der Waals surface area (Å²) in [6, 6.07) is 14.3. The molecule has 1 aliphatic heterocycles. The second-order valence-electron chi connectivity index (χ2n) is 5.99. The molecule has 3 rings (SSSR count). The van der Waals surface area contributed by atoms with Crippen molar-refractivity contribution in [3.05, 3.63) is 59.2 Å². The third-order valence-electron chi connectivity index (χ3n) is 4.49. The van der Waals surface area contributed by atoms with E-state index in [2.05, 4.69) is 48.1 Å². The summed E-state index contributed by atoms with van der Waals surface area (Å²) in [6.07, 6.45) is 1.98. The van der Waals surface area contributed by atoms with Gasteiger partial charge in [0.15, 0.2) is 0 Å². The fourth-order valence-electron chi connectivity index (χ4n) is 3.34. The number of rotatable bonds is 5. The highest BCUT2D eigenvalue weighted by Gasteiger charge is 2.31. The van der Waals surface area contributed by atoms with Gasteiger partial charge in [-0.15, -0.1) is 0 Å². The van der Waals surface area contributed by atoms with Crippen LogP contribution in [0.3, 0.4) is 0 Å².